The van der Waals surface area contributed by atoms with Gasteiger partial charge in [-0.25, -0.2) is 21.6 Å². The number of carbonyl (C=O) groups excluding carboxylic acids is 1. The molecule has 0 fully saturated rings. The Balaban J connectivity index is 3.85. The highest BCUT2D eigenvalue weighted by Gasteiger charge is 2.60. The summed E-state index contributed by atoms with van der Waals surface area (Å²) in [5, 5.41) is 0. The Kier molecular flexibility index (Phi) is 4.60. The fourth-order valence-corrected chi connectivity index (χ4v) is 6.06. The highest BCUT2D eigenvalue weighted by molar-refractivity contribution is 8.10. The third-order valence-electron chi connectivity index (χ3n) is 2.74. The summed E-state index contributed by atoms with van der Waals surface area (Å²) in [5.74, 6) is -1.31. The first-order chi connectivity index (χ1) is 9.09. The van der Waals surface area contributed by atoms with E-state index in [0.717, 1.165) is 0 Å². The maximum Gasteiger partial charge on any atom is 0.347 e. The van der Waals surface area contributed by atoms with Crippen LogP contribution >= 0.6 is 0 Å². The minimum Gasteiger partial charge on any atom is -0.464 e. The van der Waals surface area contributed by atoms with Gasteiger partial charge in [-0.15, -0.1) is 0 Å². The van der Waals surface area contributed by atoms with Crippen molar-refractivity contribution in [3.05, 3.63) is 35.9 Å². The van der Waals surface area contributed by atoms with Crippen LogP contribution in [0.5, 0.6) is 0 Å². The van der Waals surface area contributed by atoms with Crippen molar-refractivity contribution in [3.8, 4) is 0 Å². The van der Waals surface area contributed by atoms with Crippen molar-refractivity contribution in [3.63, 3.8) is 0 Å². The zero-order valence-electron chi connectivity index (χ0n) is 11.4. The molecule has 0 spiro atoms. The van der Waals surface area contributed by atoms with E-state index >= 15 is 0 Å². The van der Waals surface area contributed by atoms with Gasteiger partial charge in [0.05, 0.1) is 6.61 Å². The van der Waals surface area contributed by atoms with Crippen LogP contribution in [-0.2, 0) is 33.3 Å². The monoisotopic (exact) mass is 320 g/mol. The Labute approximate surface area is 118 Å². The van der Waals surface area contributed by atoms with Gasteiger partial charge in [0.15, 0.2) is 19.7 Å². The Morgan fingerprint density at radius 1 is 1.05 bits per heavy atom. The van der Waals surface area contributed by atoms with E-state index in [1.807, 2.05) is 0 Å². The van der Waals surface area contributed by atoms with Crippen LogP contribution in [0.15, 0.2) is 30.3 Å². The van der Waals surface area contributed by atoms with Crippen molar-refractivity contribution in [2.24, 2.45) is 0 Å². The number of sulfone groups is 2. The molecule has 0 amide bonds. The lowest BCUT2D eigenvalue weighted by Gasteiger charge is -2.28. The van der Waals surface area contributed by atoms with Crippen molar-refractivity contribution in [2.75, 3.05) is 19.1 Å². The van der Waals surface area contributed by atoms with Gasteiger partial charge in [0.1, 0.15) is 0 Å². The van der Waals surface area contributed by atoms with Gasteiger partial charge in [0.2, 0.25) is 0 Å². The molecule has 6 nitrogen and oxygen atoms in total. The molecule has 0 aliphatic rings. The van der Waals surface area contributed by atoms with E-state index < -0.39 is 29.7 Å². The quantitative estimate of drug-likeness (QED) is 0.733. The summed E-state index contributed by atoms with van der Waals surface area (Å²) in [7, 11) is -8.64. The minimum absolute atomic E-state index is 0.127. The lowest BCUT2D eigenvalue weighted by molar-refractivity contribution is -0.144. The standard InChI is InChI=1S/C12H16O6S2/c1-4-18-11(13)12(19(2,14)15,20(3,16)17)10-8-6-5-7-9-10/h5-9H,4H2,1-3H3. The van der Waals surface area contributed by atoms with Crippen LogP contribution in [0, 0.1) is 0 Å². The largest absolute Gasteiger partial charge is 0.464 e. The summed E-state index contributed by atoms with van der Waals surface area (Å²) in [6.07, 6.45) is 1.41. The molecule has 20 heavy (non-hydrogen) atoms. The summed E-state index contributed by atoms with van der Waals surface area (Å²) in [4.78, 5) is 12.2. The Bertz CT molecular complexity index is 657. The smallest absolute Gasteiger partial charge is 0.347 e. The van der Waals surface area contributed by atoms with Crippen molar-refractivity contribution >= 4 is 25.6 Å². The van der Waals surface area contributed by atoms with Crippen LogP contribution in [0.1, 0.15) is 12.5 Å². The lowest BCUT2D eigenvalue weighted by Crippen LogP contribution is -2.50. The Morgan fingerprint density at radius 2 is 1.50 bits per heavy atom. The fraction of sp³-hybridized carbons (Fsp3) is 0.417. The normalized spacial score (nSPS) is 12.9. The van der Waals surface area contributed by atoms with Crippen molar-refractivity contribution in [1.29, 1.82) is 0 Å². The van der Waals surface area contributed by atoms with Crippen molar-refractivity contribution < 1.29 is 26.4 Å². The molecule has 0 aliphatic carbocycles. The summed E-state index contributed by atoms with van der Waals surface area (Å²) in [6.45, 7) is 1.34. The molecule has 1 aromatic carbocycles. The van der Waals surface area contributed by atoms with E-state index in [1.165, 1.54) is 31.2 Å². The number of carbonyl (C=O) groups is 1. The van der Waals surface area contributed by atoms with Crippen LogP contribution in [0.2, 0.25) is 0 Å². The van der Waals surface area contributed by atoms with E-state index in [4.69, 9.17) is 4.74 Å². The fourth-order valence-electron chi connectivity index (χ4n) is 2.01. The van der Waals surface area contributed by atoms with E-state index in [2.05, 4.69) is 0 Å². The van der Waals surface area contributed by atoms with Gasteiger partial charge in [0, 0.05) is 12.5 Å². The second kappa shape index (κ2) is 5.53. The molecule has 0 aliphatic heterocycles. The SMILES string of the molecule is CCOC(=O)C(c1ccccc1)(S(C)(=O)=O)S(C)(=O)=O. The van der Waals surface area contributed by atoms with Gasteiger partial charge >= 0.3 is 5.97 Å². The first-order valence-corrected chi connectivity index (χ1v) is 9.49. The third-order valence-corrected chi connectivity index (χ3v) is 7.45. The molecule has 8 heteroatoms. The van der Waals surface area contributed by atoms with Crippen molar-refractivity contribution in [1.82, 2.24) is 0 Å². The number of hydrogen-bond acceptors (Lipinski definition) is 6. The Hall–Kier alpha value is -1.41. The maximum absolute atomic E-state index is 12.2. The molecule has 1 aromatic rings. The predicted octanol–water partition coefficient (Wildman–Crippen LogP) is 0.492. The molecule has 0 radical (unpaired) electrons. The topological polar surface area (TPSA) is 94.6 Å². The zero-order valence-corrected chi connectivity index (χ0v) is 13.0. The molecule has 0 saturated heterocycles. The molecule has 0 bridgehead atoms. The summed E-state index contributed by atoms with van der Waals surface area (Å²) in [6, 6.07) is 7.06. The number of rotatable bonds is 5. The molecule has 0 heterocycles. The average Bonchev–Trinajstić information content (AvgIpc) is 2.27. The van der Waals surface area contributed by atoms with Crippen LogP contribution in [0.3, 0.4) is 0 Å². The summed E-state index contributed by atoms with van der Waals surface area (Å²) < 4.78 is 50.5. The third kappa shape index (κ3) is 2.57. The maximum atomic E-state index is 12.2. The summed E-state index contributed by atoms with van der Waals surface area (Å²) >= 11 is 0. The van der Waals surface area contributed by atoms with Crippen LogP contribution in [0.25, 0.3) is 0 Å². The van der Waals surface area contributed by atoms with E-state index in [9.17, 15) is 21.6 Å². The van der Waals surface area contributed by atoms with Crippen molar-refractivity contribution in [2.45, 2.75) is 11.0 Å². The highest BCUT2D eigenvalue weighted by Crippen LogP contribution is 2.37. The first kappa shape index (κ1) is 16.6. The van der Waals surface area contributed by atoms with Gasteiger partial charge < -0.3 is 4.74 Å². The minimum atomic E-state index is -4.32. The molecule has 0 saturated carbocycles. The van der Waals surface area contributed by atoms with Gasteiger partial charge in [-0.1, -0.05) is 30.3 Å². The van der Waals surface area contributed by atoms with Crippen LogP contribution < -0.4 is 0 Å². The van der Waals surface area contributed by atoms with Gasteiger partial charge in [-0.05, 0) is 12.5 Å². The molecular weight excluding hydrogens is 304 g/mol. The molecular formula is C12H16O6S2. The zero-order chi connectivity index (χ0) is 15.6. The van der Waals surface area contributed by atoms with Gasteiger partial charge in [0.25, 0.3) is 4.08 Å². The molecule has 1 rings (SSSR count). The van der Waals surface area contributed by atoms with E-state index in [0.29, 0.717) is 12.5 Å². The second-order valence-corrected chi connectivity index (χ2v) is 8.82. The lowest BCUT2D eigenvalue weighted by atomic mass is 10.1. The number of hydrogen-bond donors (Lipinski definition) is 0. The molecule has 0 N–H and O–H groups in total. The van der Waals surface area contributed by atoms with E-state index in [1.54, 1.807) is 6.07 Å². The Morgan fingerprint density at radius 3 is 1.85 bits per heavy atom. The molecule has 0 atom stereocenters. The molecule has 0 unspecified atom stereocenters. The second-order valence-electron chi connectivity index (χ2n) is 4.25. The van der Waals surface area contributed by atoms with Crippen LogP contribution in [-0.4, -0.2) is 41.9 Å². The summed E-state index contributed by atoms with van der Waals surface area (Å²) in [5.41, 5.74) is -0.150. The average molecular weight is 320 g/mol. The predicted molar refractivity (Wildman–Crippen MR) is 74.4 cm³/mol. The van der Waals surface area contributed by atoms with Crippen LogP contribution in [0.4, 0.5) is 0 Å². The number of esters is 1. The number of ether oxygens (including phenoxy) is 1. The highest BCUT2D eigenvalue weighted by atomic mass is 32.3. The van der Waals surface area contributed by atoms with E-state index in [-0.39, 0.29) is 12.2 Å². The molecule has 112 valence electrons. The molecule has 0 aromatic heterocycles. The van der Waals surface area contributed by atoms with Gasteiger partial charge in [-0.2, -0.15) is 0 Å². The number of benzene rings is 1. The first-order valence-electron chi connectivity index (χ1n) is 5.71. The van der Waals surface area contributed by atoms with Gasteiger partial charge in [-0.3, -0.25) is 0 Å².